The molecular formula is C17H14N2O. The van der Waals surface area contributed by atoms with E-state index in [1.54, 1.807) is 6.26 Å². The van der Waals surface area contributed by atoms with E-state index in [2.05, 4.69) is 29.2 Å². The van der Waals surface area contributed by atoms with E-state index >= 15 is 0 Å². The van der Waals surface area contributed by atoms with Gasteiger partial charge in [-0.15, -0.1) is 0 Å². The molecule has 1 aromatic carbocycles. The molecule has 4 rings (SSSR count). The lowest BCUT2D eigenvalue weighted by Crippen LogP contribution is -2.08. The minimum atomic E-state index is 0.641. The van der Waals surface area contributed by atoms with Gasteiger partial charge in [-0.1, -0.05) is 24.3 Å². The van der Waals surface area contributed by atoms with Crippen LogP contribution in [-0.2, 0) is 19.3 Å². The highest BCUT2D eigenvalue weighted by Gasteiger charge is 2.18. The summed E-state index contributed by atoms with van der Waals surface area (Å²) in [5, 5.41) is 0. The van der Waals surface area contributed by atoms with Gasteiger partial charge in [-0.05, 0) is 36.1 Å². The summed E-state index contributed by atoms with van der Waals surface area (Å²) in [4.78, 5) is 9.23. The van der Waals surface area contributed by atoms with Crippen LogP contribution < -0.4 is 0 Å². The maximum Gasteiger partial charge on any atom is 0.136 e. The standard InChI is InChI=1S/C17H14N2O/c1-2-6-15-12(4-1)7-8-13-11-18-16(19-17(13)15)10-14-5-3-9-20-14/h1-6,9,11H,7-8,10H2. The molecule has 3 nitrogen and oxygen atoms in total. The van der Waals surface area contributed by atoms with Crippen LogP contribution in [0.25, 0.3) is 11.3 Å². The fourth-order valence-electron chi connectivity index (χ4n) is 2.75. The molecule has 0 amide bonds. The second kappa shape index (κ2) is 4.60. The van der Waals surface area contributed by atoms with E-state index in [9.17, 15) is 0 Å². The van der Waals surface area contributed by atoms with Crippen LogP contribution >= 0.6 is 0 Å². The van der Waals surface area contributed by atoms with Crippen LogP contribution in [0.15, 0.2) is 53.3 Å². The lowest BCUT2D eigenvalue weighted by molar-refractivity contribution is 0.517. The summed E-state index contributed by atoms with van der Waals surface area (Å²) < 4.78 is 5.37. The molecule has 0 fully saturated rings. The Hall–Kier alpha value is -2.42. The maximum absolute atomic E-state index is 5.37. The number of benzene rings is 1. The molecule has 0 saturated heterocycles. The third-order valence-corrected chi connectivity index (χ3v) is 3.76. The van der Waals surface area contributed by atoms with Crippen molar-refractivity contribution >= 4 is 0 Å². The van der Waals surface area contributed by atoms with Crippen LogP contribution in [0.5, 0.6) is 0 Å². The smallest absolute Gasteiger partial charge is 0.136 e. The predicted molar refractivity (Wildman–Crippen MR) is 76.4 cm³/mol. The first kappa shape index (κ1) is 11.4. The Balaban J connectivity index is 1.77. The third-order valence-electron chi connectivity index (χ3n) is 3.76. The quantitative estimate of drug-likeness (QED) is 0.710. The summed E-state index contributed by atoms with van der Waals surface area (Å²) in [7, 11) is 0. The van der Waals surface area contributed by atoms with E-state index in [-0.39, 0.29) is 0 Å². The second-order valence-electron chi connectivity index (χ2n) is 5.07. The molecule has 2 heterocycles. The number of nitrogens with zero attached hydrogens (tertiary/aromatic N) is 2. The minimum absolute atomic E-state index is 0.641. The topological polar surface area (TPSA) is 38.9 Å². The molecule has 0 bridgehead atoms. The molecule has 3 aromatic rings. The average molecular weight is 262 g/mol. The van der Waals surface area contributed by atoms with Gasteiger partial charge in [-0.3, -0.25) is 0 Å². The van der Waals surface area contributed by atoms with Crippen molar-refractivity contribution in [2.45, 2.75) is 19.3 Å². The van der Waals surface area contributed by atoms with Gasteiger partial charge in [0.15, 0.2) is 0 Å². The highest BCUT2D eigenvalue weighted by molar-refractivity contribution is 5.69. The highest BCUT2D eigenvalue weighted by atomic mass is 16.3. The van der Waals surface area contributed by atoms with E-state index in [0.717, 1.165) is 30.1 Å². The van der Waals surface area contributed by atoms with Crippen molar-refractivity contribution in [3.8, 4) is 11.3 Å². The summed E-state index contributed by atoms with van der Waals surface area (Å²) in [5.74, 6) is 1.71. The first-order chi connectivity index (χ1) is 9.90. The molecule has 0 saturated carbocycles. The zero-order valence-electron chi connectivity index (χ0n) is 11.0. The molecule has 98 valence electrons. The Bertz CT molecular complexity index is 747. The summed E-state index contributed by atoms with van der Waals surface area (Å²) >= 11 is 0. The second-order valence-corrected chi connectivity index (χ2v) is 5.07. The average Bonchev–Trinajstić information content (AvgIpc) is 3.00. The van der Waals surface area contributed by atoms with Crippen molar-refractivity contribution in [2.75, 3.05) is 0 Å². The van der Waals surface area contributed by atoms with Crippen LogP contribution in [0.1, 0.15) is 22.7 Å². The summed E-state index contributed by atoms with van der Waals surface area (Å²) in [5.41, 5.74) is 4.95. The third kappa shape index (κ3) is 1.92. The Labute approximate surface area is 117 Å². The van der Waals surface area contributed by atoms with Gasteiger partial charge < -0.3 is 4.42 Å². The molecular weight excluding hydrogens is 248 g/mol. The lowest BCUT2D eigenvalue weighted by Gasteiger charge is -2.18. The largest absolute Gasteiger partial charge is 0.469 e. The minimum Gasteiger partial charge on any atom is -0.469 e. The molecule has 20 heavy (non-hydrogen) atoms. The number of hydrogen-bond donors (Lipinski definition) is 0. The fourth-order valence-corrected chi connectivity index (χ4v) is 2.75. The Morgan fingerprint density at radius 2 is 1.90 bits per heavy atom. The zero-order chi connectivity index (χ0) is 13.4. The van der Waals surface area contributed by atoms with Gasteiger partial charge in [0, 0.05) is 11.8 Å². The number of rotatable bonds is 2. The SMILES string of the molecule is c1coc(Cc2ncc3c(n2)-c2ccccc2CC3)c1. The van der Waals surface area contributed by atoms with Crippen molar-refractivity contribution in [3.05, 3.63) is 71.6 Å². The molecule has 0 unspecified atom stereocenters. The fraction of sp³-hybridized carbons (Fsp3) is 0.176. The van der Waals surface area contributed by atoms with Crippen LogP contribution in [0.2, 0.25) is 0 Å². The van der Waals surface area contributed by atoms with Gasteiger partial charge in [0.05, 0.1) is 18.4 Å². The molecule has 0 N–H and O–H groups in total. The van der Waals surface area contributed by atoms with E-state index in [1.807, 2.05) is 18.3 Å². The normalized spacial score (nSPS) is 12.8. The molecule has 1 aliphatic rings. The molecule has 0 spiro atoms. The van der Waals surface area contributed by atoms with E-state index in [1.165, 1.54) is 16.7 Å². The van der Waals surface area contributed by atoms with Crippen LogP contribution in [0.3, 0.4) is 0 Å². The predicted octanol–water partition coefficient (Wildman–Crippen LogP) is 3.43. The lowest BCUT2D eigenvalue weighted by atomic mass is 9.90. The first-order valence-corrected chi connectivity index (χ1v) is 6.85. The molecule has 0 atom stereocenters. The van der Waals surface area contributed by atoms with Gasteiger partial charge in [0.25, 0.3) is 0 Å². The maximum atomic E-state index is 5.37. The number of furan rings is 1. The van der Waals surface area contributed by atoms with Gasteiger partial charge >= 0.3 is 0 Å². The van der Waals surface area contributed by atoms with E-state index in [0.29, 0.717) is 6.42 Å². The number of aromatic nitrogens is 2. The van der Waals surface area contributed by atoms with Gasteiger partial charge in [0.2, 0.25) is 0 Å². The summed E-state index contributed by atoms with van der Waals surface area (Å²) in [6.07, 6.45) is 6.39. The van der Waals surface area contributed by atoms with Crippen LogP contribution in [0.4, 0.5) is 0 Å². The van der Waals surface area contributed by atoms with Crippen molar-refractivity contribution in [3.63, 3.8) is 0 Å². The van der Waals surface area contributed by atoms with Crippen molar-refractivity contribution in [1.29, 1.82) is 0 Å². The molecule has 0 aliphatic heterocycles. The zero-order valence-corrected chi connectivity index (χ0v) is 11.0. The molecule has 3 heteroatoms. The number of fused-ring (bicyclic) bond motifs is 3. The summed E-state index contributed by atoms with van der Waals surface area (Å²) in [6, 6.07) is 12.3. The first-order valence-electron chi connectivity index (χ1n) is 6.85. The summed E-state index contributed by atoms with van der Waals surface area (Å²) in [6.45, 7) is 0. The van der Waals surface area contributed by atoms with Crippen molar-refractivity contribution in [1.82, 2.24) is 9.97 Å². The van der Waals surface area contributed by atoms with Gasteiger partial charge in [-0.25, -0.2) is 9.97 Å². The van der Waals surface area contributed by atoms with Crippen LogP contribution in [-0.4, -0.2) is 9.97 Å². The van der Waals surface area contributed by atoms with Crippen molar-refractivity contribution < 1.29 is 4.42 Å². The highest BCUT2D eigenvalue weighted by Crippen LogP contribution is 2.31. The molecule has 1 aliphatic carbocycles. The van der Waals surface area contributed by atoms with Crippen molar-refractivity contribution in [2.24, 2.45) is 0 Å². The number of aryl methyl sites for hydroxylation is 2. The monoisotopic (exact) mass is 262 g/mol. The number of hydrogen-bond acceptors (Lipinski definition) is 3. The van der Waals surface area contributed by atoms with E-state index in [4.69, 9.17) is 9.40 Å². The van der Waals surface area contributed by atoms with E-state index < -0.39 is 0 Å². The Morgan fingerprint density at radius 1 is 1.00 bits per heavy atom. The molecule has 2 aromatic heterocycles. The Morgan fingerprint density at radius 3 is 2.80 bits per heavy atom. The molecule has 0 radical (unpaired) electrons. The van der Waals surface area contributed by atoms with Gasteiger partial charge in [-0.2, -0.15) is 0 Å². The Kier molecular flexibility index (Phi) is 2.62. The van der Waals surface area contributed by atoms with Gasteiger partial charge in [0.1, 0.15) is 11.6 Å². The van der Waals surface area contributed by atoms with Crippen LogP contribution in [0, 0.1) is 0 Å².